The molecule has 9 nitrogen and oxygen atoms in total. The standard InChI is InChI=1S/C24H21ClN4O5/c1-3-27-22(26-21-11-8-17(25)13-20(21)24(27)31)15(2)28(14-19-5-4-12-34-19)23(30)16-6-9-18(10-7-16)29(32)33/h4-13,15H,3,14H2,1-2H3. The minimum atomic E-state index is -0.625. The van der Waals surface area contributed by atoms with Gasteiger partial charge in [-0.3, -0.25) is 24.3 Å². The summed E-state index contributed by atoms with van der Waals surface area (Å²) in [6.45, 7) is 4.06. The van der Waals surface area contributed by atoms with Gasteiger partial charge in [0.25, 0.3) is 17.2 Å². The van der Waals surface area contributed by atoms with Gasteiger partial charge in [0.05, 0.1) is 34.7 Å². The third-order valence-corrected chi connectivity index (χ3v) is 5.83. The summed E-state index contributed by atoms with van der Waals surface area (Å²) in [5, 5.41) is 11.8. The number of nitrogens with zero attached hydrogens (tertiary/aromatic N) is 4. The van der Waals surface area contributed by atoms with Gasteiger partial charge in [-0.1, -0.05) is 11.6 Å². The van der Waals surface area contributed by atoms with E-state index >= 15 is 0 Å². The van der Waals surface area contributed by atoms with Gasteiger partial charge >= 0.3 is 0 Å². The molecule has 0 aliphatic carbocycles. The zero-order chi connectivity index (χ0) is 24.4. The molecule has 0 saturated carbocycles. The highest BCUT2D eigenvalue weighted by molar-refractivity contribution is 6.31. The highest BCUT2D eigenvalue weighted by Gasteiger charge is 2.28. The van der Waals surface area contributed by atoms with Crippen LogP contribution in [0.5, 0.6) is 0 Å². The molecule has 174 valence electrons. The van der Waals surface area contributed by atoms with Crippen molar-refractivity contribution in [2.24, 2.45) is 0 Å². The predicted molar refractivity (Wildman–Crippen MR) is 127 cm³/mol. The van der Waals surface area contributed by atoms with Crippen molar-refractivity contribution in [2.75, 3.05) is 0 Å². The van der Waals surface area contributed by atoms with Crippen molar-refractivity contribution >= 4 is 34.1 Å². The summed E-state index contributed by atoms with van der Waals surface area (Å²) in [6.07, 6.45) is 1.51. The fourth-order valence-electron chi connectivity index (χ4n) is 3.82. The van der Waals surface area contributed by atoms with Crippen LogP contribution in [-0.2, 0) is 13.1 Å². The molecule has 2 heterocycles. The van der Waals surface area contributed by atoms with Gasteiger partial charge < -0.3 is 9.32 Å². The van der Waals surface area contributed by atoms with Gasteiger partial charge in [0, 0.05) is 29.3 Å². The molecule has 10 heteroatoms. The molecule has 4 rings (SSSR count). The van der Waals surface area contributed by atoms with E-state index in [1.165, 1.54) is 40.0 Å². The molecule has 1 unspecified atom stereocenters. The molecule has 34 heavy (non-hydrogen) atoms. The number of halogens is 1. The normalized spacial score (nSPS) is 12.0. The van der Waals surface area contributed by atoms with Crippen molar-refractivity contribution in [3.05, 3.63) is 103 Å². The van der Waals surface area contributed by atoms with Crippen LogP contribution >= 0.6 is 11.6 Å². The van der Waals surface area contributed by atoms with E-state index in [1.54, 1.807) is 37.3 Å². The van der Waals surface area contributed by atoms with Crippen molar-refractivity contribution in [3.63, 3.8) is 0 Å². The molecular weight excluding hydrogens is 460 g/mol. The first-order chi connectivity index (χ1) is 16.3. The number of amides is 1. The smallest absolute Gasteiger partial charge is 0.269 e. The van der Waals surface area contributed by atoms with E-state index in [-0.39, 0.29) is 29.3 Å². The Morgan fingerprint density at radius 3 is 2.59 bits per heavy atom. The summed E-state index contributed by atoms with van der Waals surface area (Å²) in [5.41, 5.74) is 0.373. The number of benzene rings is 2. The Balaban J connectivity index is 1.81. The Hall–Kier alpha value is -3.98. The summed E-state index contributed by atoms with van der Waals surface area (Å²) < 4.78 is 6.98. The summed E-state index contributed by atoms with van der Waals surface area (Å²) in [4.78, 5) is 43.4. The molecule has 2 aromatic carbocycles. The number of nitro groups is 1. The molecule has 1 atom stereocenters. The molecule has 0 saturated heterocycles. The number of non-ortho nitro benzene ring substituents is 1. The Morgan fingerprint density at radius 1 is 1.24 bits per heavy atom. The number of fused-ring (bicyclic) bond motifs is 1. The van der Waals surface area contributed by atoms with Crippen LogP contribution in [0.3, 0.4) is 0 Å². The van der Waals surface area contributed by atoms with Gasteiger partial charge in [-0.2, -0.15) is 0 Å². The molecule has 2 aromatic heterocycles. The maximum absolute atomic E-state index is 13.5. The molecular formula is C24H21ClN4O5. The quantitative estimate of drug-likeness (QED) is 0.272. The molecule has 0 N–H and O–H groups in total. The predicted octanol–water partition coefficient (Wildman–Crippen LogP) is 4.97. The first-order valence-electron chi connectivity index (χ1n) is 10.6. The zero-order valence-electron chi connectivity index (χ0n) is 18.5. The Morgan fingerprint density at radius 2 is 1.97 bits per heavy atom. The lowest BCUT2D eigenvalue weighted by atomic mass is 10.1. The fraction of sp³-hybridized carbons (Fsp3) is 0.208. The number of carbonyl (C=O) groups excluding carboxylic acids is 1. The molecule has 0 spiro atoms. The van der Waals surface area contributed by atoms with E-state index in [4.69, 9.17) is 21.0 Å². The minimum absolute atomic E-state index is 0.113. The van der Waals surface area contributed by atoms with Gasteiger partial charge in [0.1, 0.15) is 11.6 Å². The summed E-state index contributed by atoms with van der Waals surface area (Å²) in [6, 6.07) is 13.1. The highest BCUT2D eigenvalue weighted by Crippen LogP contribution is 2.26. The lowest BCUT2D eigenvalue weighted by molar-refractivity contribution is -0.384. The van der Waals surface area contributed by atoms with Gasteiger partial charge in [-0.05, 0) is 56.3 Å². The molecule has 0 bridgehead atoms. The van der Waals surface area contributed by atoms with E-state index in [0.717, 1.165) is 0 Å². The summed E-state index contributed by atoms with van der Waals surface area (Å²) in [5.74, 6) is 0.566. The van der Waals surface area contributed by atoms with Crippen LogP contribution in [0.25, 0.3) is 10.9 Å². The SMILES string of the molecule is CCn1c(C(C)N(Cc2ccco2)C(=O)c2ccc([N+](=O)[O-])cc2)nc2ccc(Cl)cc2c1=O. The van der Waals surface area contributed by atoms with Crippen molar-refractivity contribution in [2.45, 2.75) is 33.0 Å². The van der Waals surface area contributed by atoms with Crippen molar-refractivity contribution in [3.8, 4) is 0 Å². The lowest BCUT2D eigenvalue weighted by Crippen LogP contribution is -2.37. The van der Waals surface area contributed by atoms with E-state index in [9.17, 15) is 19.7 Å². The van der Waals surface area contributed by atoms with Crippen LogP contribution in [0.2, 0.25) is 5.02 Å². The second-order valence-electron chi connectivity index (χ2n) is 7.67. The Bertz CT molecular complexity index is 1410. The first-order valence-corrected chi connectivity index (χ1v) is 11.0. The van der Waals surface area contributed by atoms with E-state index in [0.29, 0.717) is 34.1 Å². The number of carbonyl (C=O) groups is 1. The van der Waals surface area contributed by atoms with Crippen LogP contribution in [0, 0.1) is 10.1 Å². The molecule has 0 radical (unpaired) electrons. The molecule has 0 aliphatic rings. The number of rotatable bonds is 7. The van der Waals surface area contributed by atoms with Gasteiger partial charge in [0.15, 0.2) is 0 Å². The van der Waals surface area contributed by atoms with Crippen molar-refractivity contribution < 1.29 is 14.1 Å². The largest absolute Gasteiger partial charge is 0.467 e. The molecule has 0 fully saturated rings. The average molecular weight is 481 g/mol. The van der Waals surface area contributed by atoms with Crippen LogP contribution in [-0.4, -0.2) is 25.3 Å². The number of hydrogen-bond acceptors (Lipinski definition) is 6. The van der Waals surface area contributed by atoms with Gasteiger partial charge in [0.2, 0.25) is 0 Å². The number of nitro benzene ring substituents is 1. The van der Waals surface area contributed by atoms with Gasteiger partial charge in [-0.15, -0.1) is 0 Å². The first kappa shape index (κ1) is 23.2. The van der Waals surface area contributed by atoms with Crippen LogP contribution in [0.1, 0.15) is 41.8 Å². The molecule has 4 aromatic rings. The highest BCUT2D eigenvalue weighted by atomic mass is 35.5. The Kier molecular flexibility index (Phi) is 6.47. The minimum Gasteiger partial charge on any atom is -0.467 e. The lowest BCUT2D eigenvalue weighted by Gasteiger charge is -2.30. The average Bonchev–Trinajstić information content (AvgIpc) is 3.35. The van der Waals surface area contributed by atoms with Crippen LogP contribution in [0.15, 0.2) is 70.1 Å². The third kappa shape index (κ3) is 4.42. The summed E-state index contributed by atoms with van der Waals surface area (Å²) >= 11 is 6.08. The number of aromatic nitrogens is 2. The van der Waals surface area contributed by atoms with Crippen molar-refractivity contribution in [1.29, 1.82) is 0 Å². The Labute approximate surface area is 199 Å². The van der Waals surface area contributed by atoms with Crippen LogP contribution in [0.4, 0.5) is 5.69 Å². The van der Waals surface area contributed by atoms with Crippen LogP contribution < -0.4 is 5.56 Å². The maximum Gasteiger partial charge on any atom is 0.269 e. The number of furan rings is 1. The van der Waals surface area contributed by atoms with E-state index in [1.807, 2.05) is 6.92 Å². The van der Waals surface area contributed by atoms with E-state index in [2.05, 4.69) is 0 Å². The second kappa shape index (κ2) is 9.48. The van der Waals surface area contributed by atoms with Gasteiger partial charge in [-0.25, -0.2) is 4.98 Å². The van der Waals surface area contributed by atoms with Crippen molar-refractivity contribution in [1.82, 2.24) is 14.5 Å². The fourth-order valence-corrected chi connectivity index (χ4v) is 3.99. The zero-order valence-corrected chi connectivity index (χ0v) is 19.2. The molecule has 0 aliphatic heterocycles. The molecule has 1 amide bonds. The monoisotopic (exact) mass is 480 g/mol. The topological polar surface area (TPSA) is 111 Å². The third-order valence-electron chi connectivity index (χ3n) is 5.60. The summed E-state index contributed by atoms with van der Waals surface area (Å²) in [7, 11) is 0. The maximum atomic E-state index is 13.5. The van der Waals surface area contributed by atoms with E-state index < -0.39 is 11.0 Å². The number of hydrogen-bond donors (Lipinski definition) is 0. The second-order valence-corrected chi connectivity index (χ2v) is 8.11.